The Morgan fingerprint density at radius 2 is 2.07 bits per heavy atom. The second kappa shape index (κ2) is 8.37. The lowest BCUT2D eigenvalue weighted by Crippen LogP contribution is -2.45. The van der Waals surface area contributed by atoms with Crippen molar-refractivity contribution in [3.05, 3.63) is 70.0 Å². The summed E-state index contributed by atoms with van der Waals surface area (Å²) in [5.74, 6) is -0.956. The van der Waals surface area contributed by atoms with Crippen LogP contribution < -0.4 is 10.3 Å². The Labute approximate surface area is 176 Å². The van der Waals surface area contributed by atoms with Crippen molar-refractivity contribution in [2.24, 2.45) is 5.10 Å². The molecule has 0 unspecified atom stereocenters. The first-order valence-electron chi connectivity index (χ1n) is 9.63. The topological polar surface area (TPSA) is 44.7 Å². The Kier molecular flexibility index (Phi) is 6.08. The van der Waals surface area contributed by atoms with E-state index in [4.69, 9.17) is 11.6 Å². The van der Waals surface area contributed by atoms with E-state index in [1.165, 1.54) is 30.0 Å². The number of hydrogen-bond acceptors (Lipinski definition) is 3. The molecule has 0 saturated heterocycles. The second-order valence-corrected chi connectivity index (χ2v) is 8.14. The van der Waals surface area contributed by atoms with Crippen LogP contribution in [0.25, 0.3) is 5.57 Å². The van der Waals surface area contributed by atoms with E-state index in [9.17, 15) is 9.18 Å². The molecule has 0 saturated carbocycles. The smallest absolute Gasteiger partial charge is 0.271 e. The normalized spacial score (nSPS) is 15.2. The number of hydrazone groups is 1. The molecular formula is C23H25ClFN3O. The van der Waals surface area contributed by atoms with E-state index in [0.29, 0.717) is 10.6 Å². The molecule has 1 heterocycles. The number of amides is 1. The third-order valence-electron chi connectivity index (χ3n) is 5.00. The molecule has 1 aliphatic rings. The molecule has 4 nitrogen and oxygen atoms in total. The van der Waals surface area contributed by atoms with Crippen LogP contribution in [0.4, 0.5) is 10.1 Å². The molecule has 1 aliphatic heterocycles. The fraction of sp³-hybridized carbons (Fsp3) is 0.304. The van der Waals surface area contributed by atoms with Gasteiger partial charge < -0.3 is 4.90 Å². The van der Waals surface area contributed by atoms with Crippen molar-refractivity contribution in [2.45, 2.75) is 39.7 Å². The average Bonchev–Trinajstić information content (AvgIpc) is 2.65. The van der Waals surface area contributed by atoms with Crippen LogP contribution in [0.3, 0.4) is 0 Å². The number of allylic oxidation sites excluding steroid dienone is 1. The molecule has 0 aromatic heterocycles. The van der Waals surface area contributed by atoms with Crippen LogP contribution in [0.15, 0.2) is 47.6 Å². The van der Waals surface area contributed by atoms with Crippen LogP contribution in [-0.2, 0) is 0 Å². The van der Waals surface area contributed by atoms with E-state index in [1.807, 2.05) is 12.1 Å². The number of carbonyl (C=O) groups is 1. The van der Waals surface area contributed by atoms with Gasteiger partial charge in [0.05, 0.1) is 16.8 Å². The highest BCUT2D eigenvalue weighted by Crippen LogP contribution is 2.41. The van der Waals surface area contributed by atoms with Gasteiger partial charge in [-0.25, -0.2) is 9.82 Å². The maximum atomic E-state index is 13.3. The van der Waals surface area contributed by atoms with E-state index in [-0.39, 0.29) is 11.1 Å². The van der Waals surface area contributed by atoms with Crippen molar-refractivity contribution in [1.29, 1.82) is 0 Å². The Hall–Kier alpha value is -2.66. The van der Waals surface area contributed by atoms with Crippen molar-refractivity contribution in [3.8, 4) is 0 Å². The van der Waals surface area contributed by atoms with Crippen LogP contribution >= 0.6 is 11.6 Å². The van der Waals surface area contributed by atoms with Gasteiger partial charge >= 0.3 is 0 Å². The number of carbonyl (C=O) groups excluding carboxylic acids is 1. The molecule has 0 spiro atoms. The summed E-state index contributed by atoms with van der Waals surface area (Å²) in [6, 6.07) is 9.39. The number of rotatable bonds is 5. The molecule has 0 radical (unpaired) electrons. The summed E-state index contributed by atoms with van der Waals surface area (Å²) in [4.78, 5) is 14.5. The van der Waals surface area contributed by atoms with Crippen LogP contribution in [0.2, 0.25) is 5.02 Å². The third-order valence-corrected chi connectivity index (χ3v) is 5.33. The monoisotopic (exact) mass is 413 g/mol. The highest BCUT2D eigenvalue weighted by Gasteiger charge is 2.31. The van der Waals surface area contributed by atoms with E-state index in [0.717, 1.165) is 30.3 Å². The number of anilines is 1. The minimum atomic E-state index is -0.484. The van der Waals surface area contributed by atoms with E-state index < -0.39 is 11.7 Å². The largest absolute Gasteiger partial charge is 0.362 e. The quantitative estimate of drug-likeness (QED) is 0.508. The van der Waals surface area contributed by atoms with Gasteiger partial charge in [-0.3, -0.25) is 4.79 Å². The summed E-state index contributed by atoms with van der Waals surface area (Å²) < 4.78 is 13.3. The Balaban J connectivity index is 1.86. The number of halogens is 2. The van der Waals surface area contributed by atoms with Crippen molar-refractivity contribution >= 4 is 35.0 Å². The molecule has 152 valence electrons. The predicted octanol–water partition coefficient (Wildman–Crippen LogP) is 5.65. The van der Waals surface area contributed by atoms with E-state index in [2.05, 4.69) is 49.2 Å². The fourth-order valence-electron chi connectivity index (χ4n) is 3.70. The van der Waals surface area contributed by atoms with Crippen LogP contribution in [-0.4, -0.2) is 24.2 Å². The van der Waals surface area contributed by atoms with Gasteiger partial charge in [0, 0.05) is 28.9 Å². The Morgan fingerprint density at radius 1 is 1.31 bits per heavy atom. The summed E-state index contributed by atoms with van der Waals surface area (Å²) in [5.41, 5.74) is 6.60. The lowest BCUT2D eigenvalue weighted by molar-refractivity contribution is 0.0954. The zero-order chi connectivity index (χ0) is 21.2. The average molecular weight is 414 g/mol. The molecule has 29 heavy (non-hydrogen) atoms. The summed E-state index contributed by atoms with van der Waals surface area (Å²) in [5, 5.41) is 4.56. The minimum Gasteiger partial charge on any atom is -0.362 e. The summed E-state index contributed by atoms with van der Waals surface area (Å²) >= 11 is 6.52. The predicted molar refractivity (Wildman–Crippen MR) is 118 cm³/mol. The molecule has 0 aliphatic carbocycles. The van der Waals surface area contributed by atoms with E-state index >= 15 is 0 Å². The molecule has 0 fully saturated rings. The molecule has 2 aromatic carbocycles. The van der Waals surface area contributed by atoms with Crippen LogP contribution in [0.1, 0.15) is 55.6 Å². The molecule has 0 bridgehead atoms. The standard InChI is InChI=1S/C23H25ClFN3O/c1-5-9-28-21-12-20(24)17(11-19(21)15(2)13-23(28,3)4)14-26-27-22(29)16-7-6-8-18(25)10-16/h6-8,10-14H,5,9H2,1-4H3,(H,27,29)/b26-14-. The van der Waals surface area contributed by atoms with Gasteiger partial charge in [0.2, 0.25) is 0 Å². The Bertz CT molecular complexity index is 998. The summed E-state index contributed by atoms with van der Waals surface area (Å²) in [6.45, 7) is 9.56. The molecule has 6 heteroatoms. The fourth-order valence-corrected chi connectivity index (χ4v) is 3.91. The van der Waals surface area contributed by atoms with Gasteiger partial charge in [0.1, 0.15) is 5.82 Å². The number of nitrogens with zero attached hydrogens (tertiary/aromatic N) is 2. The van der Waals surface area contributed by atoms with E-state index in [1.54, 1.807) is 0 Å². The zero-order valence-corrected chi connectivity index (χ0v) is 17.8. The van der Waals surface area contributed by atoms with Gasteiger partial charge in [-0.1, -0.05) is 30.7 Å². The Morgan fingerprint density at radius 3 is 2.76 bits per heavy atom. The highest BCUT2D eigenvalue weighted by molar-refractivity contribution is 6.33. The van der Waals surface area contributed by atoms with Crippen LogP contribution in [0.5, 0.6) is 0 Å². The summed E-state index contributed by atoms with van der Waals surface area (Å²) in [7, 11) is 0. The molecule has 2 aromatic rings. The summed E-state index contributed by atoms with van der Waals surface area (Å²) in [6.07, 6.45) is 4.80. The molecular weight excluding hydrogens is 389 g/mol. The van der Waals surface area contributed by atoms with Crippen molar-refractivity contribution < 1.29 is 9.18 Å². The number of hydrogen-bond donors (Lipinski definition) is 1. The van der Waals surface area contributed by atoms with Gasteiger partial charge in [-0.2, -0.15) is 5.10 Å². The zero-order valence-electron chi connectivity index (χ0n) is 17.1. The number of fused-ring (bicyclic) bond motifs is 1. The van der Waals surface area contributed by atoms with Gasteiger partial charge in [-0.15, -0.1) is 0 Å². The van der Waals surface area contributed by atoms with Gasteiger partial charge in [0.15, 0.2) is 0 Å². The van der Waals surface area contributed by atoms with Crippen LogP contribution in [0, 0.1) is 5.82 Å². The molecule has 1 amide bonds. The van der Waals surface area contributed by atoms with Crippen molar-refractivity contribution in [2.75, 3.05) is 11.4 Å². The first-order valence-corrected chi connectivity index (χ1v) is 10.0. The van der Waals surface area contributed by atoms with Crippen molar-refractivity contribution in [1.82, 2.24) is 5.43 Å². The SMILES string of the molecule is CCCN1c2cc(Cl)c(/C=N\NC(=O)c3cccc(F)c3)cc2C(C)=CC1(C)C. The first-order chi connectivity index (χ1) is 13.7. The lowest BCUT2D eigenvalue weighted by Gasteiger charge is -2.43. The molecule has 0 atom stereocenters. The van der Waals surface area contributed by atoms with Gasteiger partial charge in [-0.05, 0) is 63.1 Å². The molecule has 1 N–H and O–H groups in total. The number of benzene rings is 2. The maximum Gasteiger partial charge on any atom is 0.271 e. The van der Waals surface area contributed by atoms with Crippen molar-refractivity contribution in [3.63, 3.8) is 0 Å². The maximum absolute atomic E-state index is 13.3. The first kappa shape index (κ1) is 21.1. The highest BCUT2D eigenvalue weighted by atomic mass is 35.5. The van der Waals surface area contributed by atoms with Gasteiger partial charge in [0.25, 0.3) is 5.91 Å². The second-order valence-electron chi connectivity index (χ2n) is 7.73. The third kappa shape index (κ3) is 4.51. The number of nitrogens with one attached hydrogen (secondary N) is 1. The minimum absolute atomic E-state index is 0.0923. The molecule has 3 rings (SSSR count). The lowest BCUT2D eigenvalue weighted by atomic mass is 9.88.